The van der Waals surface area contributed by atoms with Gasteiger partial charge in [0.05, 0.1) is 6.54 Å². The van der Waals surface area contributed by atoms with Crippen molar-refractivity contribution in [3.05, 3.63) is 83.7 Å². The smallest absolute Gasteiger partial charge is 0.241 e. The van der Waals surface area contributed by atoms with Crippen molar-refractivity contribution < 1.29 is 9.59 Å². The molecule has 2 aromatic carbocycles. The lowest BCUT2D eigenvalue weighted by atomic mass is 9.94. The SMILES string of the molecule is C[C@H](Cc1nncn1C)c1cccc(CC(=O)c2cc3cc(N4CCN(C)C(=O)C4)ccc3cn2)c1. The Kier molecular flexibility index (Phi) is 6.50. The fraction of sp³-hybridized carbons (Fsp3) is 0.321. The van der Waals surface area contributed by atoms with Gasteiger partial charge in [0.25, 0.3) is 0 Å². The number of aryl methyl sites for hydroxylation is 1. The van der Waals surface area contributed by atoms with Gasteiger partial charge in [-0.3, -0.25) is 14.6 Å². The van der Waals surface area contributed by atoms with Crippen LogP contribution in [-0.2, 0) is 24.7 Å². The van der Waals surface area contributed by atoms with E-state index >= 15 is 0 Å². The summed E-state index contributed by atoms with van der Waals surface area (Å²) in [6.45, 7) is 4.01. The van der Waals surface area contributed by atoms with Crippen LogP contribution >= 0.6 is 0 Å². The quantitative estimate of drug-likeness (QED) is 0.376. The molecule has 1 atom stereocenters. The van der Waals surface area contributed by atoms with Gasteiger partial charge in [0.2, 0.25) is 5.91 Å². The summed E-state index contributed by atoms with van der Waals surface area (Å²) in [4.78, 5) is 33.6. The van der Waals surface area contributed by atoms with Crippen LogP contribution in [0.25, 0.3) is 10.8 Å². The number of benzene rings is 2. The highest BCUT2D eigenvalue weighted by atomic mass is 16.2. The van der Waals surface area contributed by atoms with Crippen LogP contribution in [0.15, 0.2) is 61.1 Å². The second-order valence-corrected chi connectivity index (χ2v) is 9.65. The van der Waals surface area contributed by atoms with Crippen molar-refractivity contribution in [1.82, 2.24) is 24.6 Å². The minimum atomic E-state index is -0.0183. The van der Waals surface area contributed by atoms with Crippen molar-refractivity contribution >= 4 is 28.2 Å². The Morgan fingerprint density at radius 1 is 1.06 bits per heavy atom. The number of anilines is 1. The summed E-state index contributed by atoms with van der Waals surface area (Å²) in [5.74, 6) is 1.28. The van der Waals surface area contributed by atoms with Crippen LogP contribution in [0, 0.1) is 0 Å². The third kappa shape index (κ3) is 4.98. The molecule has 5 rings (SSSR count). The van der Waals surface area contributed by atoms with Crippen LogP contribution in [0.5, 0.6) is 0 Å². The summed E-state index contributed by atoms with van der Waals surface area (Å²) in [5.41, 5.74) is 3.57. The first-order valence-electron chi connectivity index (χ1n) is 12.2. The average molecular weight is 483 g/mol. The number of rotatable bonds is 7. The normalized spacial score (nSPS) is 14.9. The van der Waals surface area contributed by atoms with E-state index in [9.17, 15) is 9.59 Å². The van der Waals surface area contributed by atoms with Crippen LogP contribution in [-0.4, -0.2) is 63.0 Å². The molecule has 36 heavy (non-hydrogen) atoms. The molecule has 8 heteroatoms. The Hall–Kier alpha value is -4.07. The number of pyridine rings is 1. The van der Waals surface area contributed by atoms with Gasteiger partial charge in [0, 0.05) is 57.3 Å². The van der Waals surface area contributed by atoms with E-state index in [2.05, 4.69) is 39.1 Å². The van der Waals surface area contributed by atoms with Gasteiger partial charge in [-0.2, -0.15) is 0 Å². The van der Waals surface area contributed by atoms with E-state index in [0.717, 1.165) is 40.8 Å². The van der Waals surface area contributed by atoms with Crippen LogP contribution in [0.4, 0.5) is 5.69 Å². The second kappa shape index (κ2) is 9.89. The predicted molar refractivity (Wildman–Crippen MR) is 139 cm³/mol. The highest BCUT2D eigenvalue weighted by Gasteiger charge is 2.21. The van der Waals surface area contributed by atoms with Gasteiger partial charge in [-0.05, 0) is 40.6 Å². The topological polar surface area (TPSA) is 84.2 Å². The van der Waals surface area contributed by atoms with Gasteiger partial charge in [-0.15, -0.1) is 10.2 Å². The Morgan fingerprint density at radius 2 is 1.92 bits per heavy atom. The minimum absolute atomic E-state index is 0.0183. The zero-order chi connectivity index (χ0) is 25.2. The van der Waals surface area contributed by atoms with Crippen molar-refractivity contribution in [2.75, 3.05) is 31.6 Å². The lowest BCUT2D eigenvalue weighted by Gasteiger charge is -2.33. The molecule has 3 heterocycles. The molecule has 1 aliphatic heterocycles. The van der Waals surface area contributed by atoms with Crippen molar-refractivity contribution in [3.8, 4) is 0 Å². The number of carbonyl (C=O) groups excluding carboxylic acids is 2. The number of piperazine rings is 1. The second-order valence-electron chi connectivity index (χ2n) is 9.65. The predicted octanol–water partition coefficient (Wildman–Crippen LogP) is 3.41. The van der Waals surface area contributed by atoms with Crippen LogP contribution in [0.1, 0.15) is 40.3 Å². The summed E-state index contributed by atoms with van der Waals surface area (Å²) < 4.78 is 1.93. The molecule has 0 bridgehead atoms. The third-order valence-corrected chi connectivity index (χ3v) is 6.99. The number of likely N-dealkylation sites (N-methyl/N-ethyl adjacent to an activating group) is 1. The number of carbonyl (C=O) groups is 2. The van der Waals surface area contributed by atoms with E-state index in [1.54, 1.807) is 17.4 Å². The van der Waals surface area contributed by atoms with Crippen molar-refractivity contribution in [2.24, 2.45) is 7.05 Å². The van der Waals surface area contributed by atoms with Gasteiger partial charge >= 0.3 is 0 Å². The number of ketones is 1. The van der Waals surface area contributed by atoms with Crippen molar-refractivity contribution in [2.45, 2.75) is 25.7 Å². The average Bonchev–Trinajstić information content (AvgIpc) is 3.29. The van der Waals surface area contributed by atoms with E-state index in [1.807, 2.05) is 55.1 Å². The molecule has 0 radical (unpaired) electrons. The van der Waals surface area contributed by atoms with Crippen molar-refractivity contribution in [1.29, 1.82) is 0 Å². The van der Waals surface area contributed by atoms with Crippen LogP contribution < -0.4 is 4.90 Å². The summed E-state index contributed by atoms with van der Waals surface area (Å²) in [7, 11) is 3.78. The molecule has 0 unspecified atom stereocenters. The molecule has 184 valence electrons. The Balaban J connectivity index is 1.31. The summed E-state index contributed by atoms with van der Waals surface area (Å²) in [6, 6.07) is 16.1. The molecular weight excluding hydrogens is 452 g/mol. The zero-order valence-electron chi connectivity index (χ0n) is 20.9. The third-order valence-electron chi connectivity index (χ3n) is 6.99. The Bertz CT molecular complexity index is 1430. The monoisotopic (exact) mass is 482 g/mol. The molecule has 1 amide bonds. The maximum absolute atomic E-state index is 13.2. The number of hydrogen-bond donors (Lipinski definition) is 0. The molecule has 1 saturated heterocycles. The molecule has 8 nitrogen and oxygen atoms in total. The Morgan fingerprint density at radius 3 is 2.69 bits per heavy atom. The Labute approximate surface area is 210 Å². The van der Waals surface area contributed by atoms with E-state index in [4.69, 9.17) is 0 Å². The van der Waals surface area contributed by atoms with Gasteiger partial charge < -0.3 is 14.4 Å². The number of aromatic nitrogens is 4. The van der Waals surface area contributed by atoms with Gasteiger partial charge in [0.15, 0.2) is 5.78 Å². The fourth-order valence-corrected chi connectivity index (χ4v) is 4.63. The van der Waals surface area contributed by atoms with E-state index in [1.165, 1.54) is 5.56 Å². The first kappa shape index (κ1) is 23.7. The maximum Gasteiger partial charge on any atom is 0.241 e. The zero-order valence-corrected chi connectivity index (χ0v) is 20.9. The molecule has 0 saturated carbocycles. The van der Waals surface area contributed by atoms with Crippen LogP contribution in [0.2, 0.25) is 0 Å². The number of nitrogens with zero attached hydrogens (tertiary/aromatic N) is 6. The number of Topliss-reactive ketones (excluding diaryl/α,β-unsaturated/α-hetero) is 1. The maximum atomic E-state index is 13.2. The van der Waals surface area contributed by atoms with E-state index in [-0.39, 0.29) is 24.0 Å². The molecule has 1 fully saturated rings. The summed E-state index contributed by atoms with van der Waals surface area (Å²) in [6.07, 6.45) is 4.53. The number of hydrogen-bond acceptors (Lipinski definition) is 6. The van der Waals surface area contributed by atoms with Gasteiger partial charge in [-0.1, -0.05) is 37.3 Å². The minimum Gasteiger partial charge on any atom is -0.360 e. The molecule has 0 spiro atoms. The van der Waals surface area contributed by atoms with E-state index in [0.29, 0.717) is 18.8 Å². The highest BCUT2D eigenvalue weighted by Crippen LogP contribution is 2.25. The molecule has 0 aliphatic carbocycles. The summed E-state index contributed by atoms with van der Waals surface area (Å²) in [5, 5.41) is 10.1. The molecule has 4 aromatic rings. The first-order chi connectivity index (χ1) is 17.4. The van der Waals surface area contributed by atoms with Crippen molar-refractivity contribution in [3.63, 3.8) is 0 Å². The van der Waals surface area contributed by atoms with Crippen LogP contribution in [0.3, 0.4) is 0 Å². The number of amides is 1. The molecule has 1 aliphatic rings. The van der Waals surface area contributed by atoms with E-state index < -0.39 is 0 Å². The molecular formula is C28H30N6O2. The standard InChI is InChI=1S/C28H30N6O2/c1-19(11-27-31-30-18-33(27)3)21-6-4-5-20(12-21)13-26(35)25-15-23-14-24(8-7-22(23)16-29-25)34-10-9-32(2)28(36)17-34/h4-8,12,14-16,18-19H,9-11,13,17H2,1-3H3/t19-/m1/s1. The molecule has 2 aromatic heterocycles. The van der Waals surface area contributed by atoms with Gasteiger partial charge in [-0.25, -0.2) is 0 Å². The molecule has 0 N–H and O–H groups in total. The lowest BCUT2D eigenvalue weighted by molar-refractivity contribution is -0.129. The lowest BCUT2D eigenvalue weighted by Crippen LogP contribution is -2.48. The van der Waals surface area contributed by atoms with Gasteiger partial charge in [0.1, 0.15) is 17.8 Å². The number of fused-ring (bicyclic) bond motifs is 1. The highest BCUT2D eigenvalue weighted by molar-refractivity contribution is 5.99. The first-order valence-corrected chi connectivity index (χ1v) is 12.2. The summed E-state index contributed by atoms with van der Waals surface area (Å²) >= 11 is 0. The largest absolute Gasteiger partial charge is 0.360 e. The fourth-order valence-electron chi connectivity index (χ4n) is 4.63.